The Hall–Kier alpha value is -1.34. The molecule has 8 heteroatoms. The van der Waals surface area contributed by atoms with E-state index in [1.807, 2.05) is 0 Å². The van der Waals surface area contributed by atoms with Crippen molar-refractivity contribution >= 4 is 23.5 Å². The summed E-state index contributed by atoms with van der Waals surface area (Å²) in [6, 6.07) is 0.227. The van der Waals surface area contributed by atoms with Gasteiger partial charge in [-0.1, -0.05) is 5.10 Å². The molecule has 1 saturated carbocycles. The molecule has 3 rings (SSSR count). The minimum absolute atomic E-state index is 0.0483. The molecular formula is C11H15ClN4O3. The van der Waals surface area contributed by atoms with Gasteiger partial charge in [-0.2, -0.15) is 0 Å². The van der Waals surface area contributed by atoms with E-state index in [9.17, 15) is 4.79 Å². The zero-order valence-electron chi connectivity index (χ0n) is 10.3. The lowest BCUT2D eigenvalue weighted by Gasteiger charge is -2.32. The minimum atomic E-state index is -0.419. The van der Waals surface area contributed by atoms with Crippen molar-refractivity contribution in [3.8, 4) is 0 Å². The molecule has 1 aromatic heterocycles. The second kappa shape index (κ2) is 5.34. The third-order valence-electron chi connectivity index (χ3n) is 3.17. The highest BCUT2D eigenvalue weighted by atomic mass is 35.5. The highest BCUT2D eigenvalue weighted by Crippen LogP contribution is 2.22. The molecule has 1 aliphatic carbocycles. The van der Waals surface area contributed by atoms with E-state index in [2.05, 4.69) is 15.5 Å². The molecule has 0 radical (unpaired) electrons. The van der Waals surface area contributed by atoms with Gasteiger partial charge in [-0.15, -0.1) is 16.7 Å². The molecular weight excluding hydrogens is 272 g/mol. The first-order valence-electron chi connectivity index (χ1n) is 6.31. The molecule has 7 nitrogen and oxygen atoms in total. The second-order valence-corrected chi connectivity index (χ2v) is 4.95. The third kappa shape index (κ3) is 2.82. The Kier molecular flexibility index (Phi) is 3.56. The van der Waals surface area contributed by atoms with Crippen molar-refractivity contribution in [3.05, 3.63) is 5.89 Å². The minimum Gasteiger partial charge on any atom is -0.407 e. The van der Waals surface area contributed by atoms with E-state index in [-0.39, 0.29) is 11.8 Å². The number of anilines is 1. The van der Waals surface area contributed by atoms with Crippen LogP contribution in [0.3, 0.4) is 0 Å². The van der Waals surface area contributed by atoms with Gasteiger partial charge in [-0.25, -0.2) is 0 Å². The number of nitrogens with zero attached hydrogens (tertiary/aromatic N) is 3. The van der Waals surface area contributed by atoms with Gasteiger partial charge in [0.1, 0.15) is 11.9 Å². The standard InChI is InChI=1S/C11H15ClN4O3/c12-5-9-14-15-11(19-9)16-3-4-18-6-8(16)10(17)13-7-1-2-7/h7-8H,1-6H2,(H,13,17). The van der Waals surface area contributed by atoms with Gasteiger partial charge in [-0.3, -0.25) is 4.79 Å². The number of carbonyl (C=O) groups is 1. The molecule has 19 heavy (non-hydrogen) atoms. The molecule has 2 aliphatic rings. The lowest BCUT2D eigenvalue weighted by atomic mass is 10.2. The van der Waals surface area contributed by atoms with E-state index in [4.69, 9.17) is 20.8 Å². The number of amides is 1. The quantitative estimate of drug-likeness (QED) is 0.802. The maximum absolute atomic E-state index is 12.2. The summed E-state index contributed by atoms with van der Waals surface area (Å²) in [5.74, 6) is 0.466. The van der Waals surface area contributed by atoms with Crippen molar-refractivity contribution in [2.75, 3.05) is 24.7 Å². The third-order valence-corrected chi connectivity index (χ3v) is 3.40. The Morgan fingerprint density at radius 2 is 2.32 bits per heavy atom. The molecule has 1 aliphatic heterocycles. The fraction of sp³-hybridized carbons (Fsp3) is 0.727. The molecule has 104 valence electrons. The summed E-state index contributed by atoms with van der Waals surface area (Å²) in [6.45, 7) is 1.41. The Morgan fingerprint density at radius 3 is 3.00 bits per heavy atom. The summed E-state index contributed by atoms with van der Waals surface area (Å²) >= 11 is 5.64. The fourth-order valence-electron chi connectivity index (χ4n) is 1.99. The maximum Gasteiger partial charge on any atom is 0.319 e. The zero-order valence-corrected chi connectivity index (χ0v) is 11.1. The van der Waals surface area contributed by atoms with Crippen LogP contribution >= 0.6 is 11.6 Å². The van der Waals surface area contributed by atoms with Crippen LogP contribution in [0.4, 0.5) is 6.01 Å². The van der Waals surface area contributed by atoms with E-state index in [1.54, 1.807) is 4.90 Å². The fourth-order valence-corrected chi connectivity index (χ4v) is 2.10. The summed E-state index contributed by atoms with van der Waals surface area (Å²) in [4.78, 5) is 13.9. The number of aromatic nitrogens is 2. The Labute approximate surface area is 115 Å². The Morgan fingerprint density at radius 1 is 1.47 bits per heavy atom. The van der Waals surface area contributed by atoms with Crippen molar-refractivity contribution in [1.29, 1.82) is 0 Å². The van der Waals surface area contributed by atoms with Crippen LogP contribution in [0.25, 0.3) is 0 Å². The molecule has 1 amide bonds. The second-order valence-electron chi connectivity index (χ2n) is 4.68. The first-order chi connectivity index (χ1) is 9.28. The zero-order chi connectivity index (χ0) is 13.2. The molecule has 1 unspecified atom stereocenters. The number of morpholine rings is 1. The van der Waals surface area contributed by atoms with Crippen LogP contribution in [0.1, 0.15) is 18.7 Å². The lowest BCUT2D eigenvalue weighted by Crippen LogP contribution is -2.54. The van der Waals surface area contributed by atoms with Crippen LogP contribution < -0.4 is 10.2 Å². The summed E-state index contributed by atoms with van der Waals surface area (Å²) in [5, 5.41) is 10.7. The predicted molar refractivity (Wildman–Crippen MR) is 67.0 cm³/mol. The predicted octanol–water partition coefficient (Wildman–Crippen LogP) is 0.292. The summed E-state index contributed by atoms with van der Waals surface area (Å²) in [6.07, 6.45) is 2.10. The number of alkyl halides is 1. The molecule has 0 bridgehead atoms. The highest BCUT2D eigenvalue weighted by molar-refractivity contribution is 6.16. The lowest BCUT2D eigenvalue weighted by molar-refractivity contribution is -0.124. The van der Waals surface area contributed by atoms with Gasteiger partial charge in [0.15, 0.2) is 0 Å². The molecule has 2 heterocycles. The van der Waals surface area contributed by atoms with Crippen molar-refractivity contribution in [2.45, 2.75) is 30.8 Å². The molecule has 1 saturated heterocycles. The van der Waals surface area contributed by atoms with E-state index in [0.29, 0.717) is 37.7 Å². The molecule has 0 spiro atoms. The number of hydrogen-bond acceptors (Lipinski definition) is 6. The number of carbonyl (C=O) groups excluding carboxylic acids is 1. The molecule has 0 aromatic carbocycles. The summed E-state index contributed by atoms with van der Waals surface area (Å²) in [5.41, 5.74) is 0. The molecule has 1 atom stereocenters. The Bertz CT molecular complexity index is 463. The maximum atomic E-state index is 12.2. The average molecular weight is 287 g/mol. The summed E-state index contributed by atoms with van der Waals surface area (Å²) < 4.78 is 10.8. The molecule has 2 fully saturated rings. The normalized spacial score (nSPS) is 23.4. The number of halogens is 1. The summed E-state index contributed by atoms with van der Waals surface area (Å²) in [7, 11) is 0. The van der Waals surface area contributed by atoms with E-state index in [1.165, 1.54) is 0 Å². The van der Waals surface area contributed by atoms with Gasteiger partial charge >= 0.3 is 6.01 Å². The van der Waals surface area contributed by atoms with Crippen molar-refractivity contribution in [2.24, 2.45) is 0 Å². The number of ether oxygens (including phenoxy) is 1. The van der Waals surface area contributed by atoms with Gasteiger partial charge < -0.3 is 19.4 Å². The van der Waals surface area contributed by atoms with Crippen LogP contribution in [0.2, 0.25) is 0 Å². The first-order valence-corrected chi connectivity index (χ1v) is 6.84. The number of hydrogen-bond donors (Lipinski definition) is 1. The van der Waals surface area contributed by atoms with E-state index in [0.717, 1.165) is 12.8 Å². The van der Waals surface area contributed by atoms with Gasteiger partial charge in [-0.05, 0) is 12.8 Å². The largest absolute Gasteiger partial charge is 0.407 e. The van der Waals surface area contributed by atoms with Crippen molar-refractivity contribution < 1.29 is 13.9 Å². The SMILES string of the molecule is O=C(NC1CC1)C1COCCN1c1nnc(CCl)o1. The van der Waals surface area contributed by atoms with Gasteiger partial charge in [0.05, 0.1) is 13.2 Å². The van der Waals surface area contributed by atoms with Crippen molar-refractivity contribution in [3.63, 3.8) is 0 Å². The van der Waals surface area contributed by atoms with Crippen molar-refractivity contribution in [1.82, 2.24) is 15.5 Å². The van der Waals surface area contributed by atoms with E-state index >= 15 is 0 Å². The van der Waals surface area contributed by atoms with E-state index < -0.39 is 6.04 Å². The van der Waals surface area contributed by atoms with Gasteiger partial charge in [0, 0.05) is 12.6 Å². The van der Waals surface area contributed by atoms with Crippen LogP contribution in [0, 0.1) is 0 Å². The number of nitrogens with one attached hydrogen (secondary N) is 1. The Balaban J connectivity index is 1.73. The highest BCUT2D eigenvalue weighted by Gasteiger charge is 2.35. The van der Waals surface area contributed by atoms with Crippen LogP contribution in [0.15, 0.2) is 4.42 Å². The van der Waals surface area contributed by atoms with Gasteiger partial charge in [0.25, 0.3) is 0 Å². The van der Waals surface area contributed by atoms with Crippen LogP contribution in [-0.4, -0.2) is 47.9 Å². The average Bonchev–Trinajstić information content (AvgIpc) is 3.12. The molecule has 1 aromatic rings. The van der Waals surface area contributed by atoms with Gasteiger partial charge in [0.2, 0.25) is 11.8 Å². The monoisotopic (exact) mass is 286 g/mol. The topological polar surface area (TPSA) is 80.5 Å². The van der Waals surface area contributed by atoms with Crippen LogP contribution in [0.5, 0.6) is 0 Å². The molecule has 1 N–H and O–H groups in total. The first kappa shape index (κ1) is 12.7. The smallest absolute Gasteiger partial charge is 0.319 e. The van der Waals surface area contributed by atoms with Crippen LogP contribution in [-0.2, 0) is 15.4 Å². The number of rotatable bonds is 4.